The van der Waals surface area contributed by atoms with Crippen LogP contribution in [0.25, 0.3) is 0 Å². The summed E-state index contributed by atoms with van der Waals surface area (Å²) >= 11 is 2.11. The summed E-state index contributed by atoms with van der Waals surface area (Å²) in [5.74, 6) is 3.62. The van der Waals surface area contributed by atoms with Gasteiger partial charge in [0, 0.05) is 6.04 Å². The lowest BCUT2D eigenvalue weighted by Gasteiger charge is -2.23. The Balaban J connectivity index is 2.33. The lowest BCUT2D eigenvalue weighted by molar-refractivity contribution is 0.368. The minimum atomic E-state index is 0.728. The molecule has 82 valence electrons. The van der Waals surface area contributed by atoms with E-state index in [1.807, 2.05) is 0 Å². The van der Waals surface area contributed by atoms with Crippen LogP contribution in [0.4, 0.5) is 0 Å². The largest absolute Gasteiger partial charge is 0.314 e. The first kappa shape index (κ1) is 12.1. The Morgan fingerprint density at radius 2 is 2.43 bits per heavy atom. The summed E-state index contributed by atoms with van der Waals surface area (Å²) in [6, 6.07) is 0.728. The fourth-order valence-corrected chi connectivity index (χ4v) is 3.38. The Bertz CT molecular complexity index is 173. The van der Waals surface area contributed by atoms with Crippen molar-refractivity contribution in [1.29, 1.82) is 0 Å². The van der Waals surface area contributed by atoms with E-state index >= 15 is 0 Å². The molecule has 0 saturated carbocycles. The minimum absolute atomic E-state index is 0.728. The molecule has 2 atom stereocenters. The van der Waals surface area contributed by atoms with Crippen molar-refractivity contribution in [2.75, 3.05) is 18.1 Å². The molecule has 2 heteroatoms. The third-order valence-electron chi connectivity index (χ3n) is 2.88. The fraction of sp³-hybridized carbons (Fsp3) is 0.833. The molecule has 1 nitrogen and oxygen atoms in total. The van der Waals surface area contributed by atoms with Crippen molar-refractivity contribution in [2.45, 2.75) is 39.2 Å². The molecule has 0 bridgehead atoms. The number of hydrogen-bond donors (Lipinski definition) is 1. The molecule has 14 heavy (non-hydrogen) atoms. The van der Waals surface area contributed by atoms with Gasteiger partial charge in [-0.1, -0.05) is 12.5 Å². The van der Waals surface area contributed by atoms with Crippen molar-refractivity contribution in [2.24, 2.45) is 5.92 Å². The van der Waals surface area contributed by atoms with Gasteiger partial charge in [-0.15, -0.1) is 6.58 Å². The van der Waals surface area contributed by atoms with E-state index in [2.05, 4.69) is 37.5 Å². The normalized spacial score (nSPS) is 23.7. The zero-order valence-electron chi connectivity index (χ0n) is 9.51. The lowest BCUT2D eigenvalue weighted by atomic mass is 9.94. The van der Waals surface area contributed by atoms with Crippen LogP contribution in [0.15, 0.2) is 12.2 Å². The van der Waals surface area contributed by atoms with Gasteiger partial charge in [0.15, 0.2) is 0 Å². The van der Waals surface area contributed by atoms with Crippen LogP contribution >= 0.6 is 11.8 Å². The van der Waals surface area contributed by atoms with Gasteiger partial charge in [0.1, 0.15) is 0 Å². The molecular formula is C12H23NS. The van der Waals surface area contributed by atoms with Crippen LogP contribution in [-0.2, 0) is 0 Å². The van der Waals surface area contributed by atoms with Crippen LogP contribution in [0.1, 0.15) is 33.1 Å². The van der Waals surface area contributed by atoms with Gasteiger partial charge in [0.2, 0.25) is 0 Å². The minimum Gasteiger partial charge on any atom is -0.314 e. The fourth-order valence-electron chi connectivity index (χ4n) is 2.04. The Kier molecular flexibility index (Phi) is 5.64. The van der Waals surface area contributed by atoms with Crippen LogP contribution in [0, 0.1) is 5.92 Å². The zero-order valence-corrected chi connectivity index (χ0v) is 10.3. The molecule has 1 heterocycles. The molecule has 0 aromatic rings. The van der Waals surface area contributed by atoms with Gasteiger partial charge in [-0.3, -0.25) is 0 Å². The molecule has 1 rings (SSSR count). The second kappa shape index (κ2) is 6.52. The van der Waals surface area contributed by atoms with Crippen molar-refractivity contribution in [3.63, 3.8) is 0 Å². The summed E-state index contributed by atoms with van der Waals surface area (Å²) in [5, 5.41) is 3.63. The van der Waals surface area contributed by atoms with Gasteiger partial charge in [0.25, 0.3) is 0 Å². The van der Waals surface area contributed by atoms with E-state index in [1.165, 1.54) is 36.3 Å². The van der Waals surface area contributed by atoms with E-state index in [-0.39, 0.29) is 0 Å². The molecule has 1 fully saturated rings. The Morgan fingerprint density at radius 1 is 1.64 bits per heavy atom. The second-order valence-corrected chi connectivity index (χ2v) is 5.43. The van der Waals surface area contributed by atoms with Crippen molar-refractivity contribution < 1.29 is 0 Å². The Labute approximate surface area is 92.7 Å². The van der Waals surface area contributed by atoms with Crippen LogP contribution in [-0.4, -0.2) is 24.1 Å². The summed E-state index contributed by atoms with van der Waals surface area (Å²) in [4.78, 5) is 0. The average Bonchev–Trinajstić information content (AvgIpc) is 2.64. The van der Waals surface area contributed by atoms with Crippen molar-refractivity contribution in [1.82, 2.24) is 5.32 Å². The van der Waals surface area contributed by atoms with Gasteiger partial charge in [-0.25, -0.2) is 0 Å². The first-order chi connectivity index (χ1) is 6.74. The maximum Gasteiger partial charge on any atom is 0.0106 e. The smallest absolute Gasteiger partial charge is 0.0106 e. The number of rotatable bonds is 6. The number of hydrogen-bond acceptors (Lipinski definition) is 2. The third-order valence-corrected chi connectivity index (χ3v) is 4.07. The molecule has 0 radical (unpaired) electrons. The molecule has 1 aliphatic rings. The topological polar surface area (TPSA) is 12.0 Å². The summed E-state index contributed by atoms with van der Waals surface area (Å²) in [5.41, 5.74) is 1.32. The van der Waals surface area contributed by atoms with Gasteiger partial charge < -0.3 is 5.32 Å². The van der Waals surface area contributed by atoms with Crippen LogP contribution in [0.3, 0.4) is 0 Å². The van der Waals surface area contributed by atoms with Crippen LogP contribution < -0.4 is 5.32 Å². The van der Waals surface area contributed by atoms with E-state index in [4.69, 9.17) is 0 Å². The summed E-state index contributed by atoms with van der Waals surface area (Å²) in [7, 11) is 0. The highest BCUT2D eigenvalue weighted by Gasteiger charge is 2.24. The molecule has 1 saturated heterocycles. The Morgan fingerprint density at radius 3 is 2.93 bits per heavy atom. The SMILES string of the molecule is C=C(C)CCC(NCC)C1CCSC1. The van der Waals surface area contributed by atoms with E-state index in [0.29, 0.717) is 0 Å². The van der Waals surface area contributed by atoms with Crippen molar-refractivity contribution in [3.05, 3.63) is 12.2 Å². The molecule has 0 aliphatic carbocycles. The van der Waals surface area contributed by atoms with Crippen LogP contribution in [0.2, 0.25) is 0 Å². The lowest BCUT2D eigenvalue weighted by Crippen LogP contribution is -2.36. The Hall–Kier alpha value is 0.0500. The number of allylic oxidation sites excluding steroid dienone is 1. The summed E-state index contributed by atoms with van der Waals surface area (Å²) < 4.78 is 0. The quantitative estimate of drug-likeness (QED) is 0.681. The molecule has 1 aliphatic heterocycles. The van der Waals surface area contributed by atoms with E-state index < -0.39 is 0 Å². The van der Waals surface area contributed by atoms with Crippen molar-refractivity contribution >= 4 is 11.8 Å². The molecule has 0 aromatic heterocycles. The summed E-state index contributed by atoms with van der Waals surface area (Å²) in [6.45, 7) is 9.42. The van der Waals surface area contributed by atoms with Gasteiger partial charge >= 0.3 is 0 Å². The zero-order chi connectivity index (χ0) is 10.4. The van der Waals surface area contributed by atoms with Gasteiger partial charge in [-0.2, -0.15) is 11.8 Å². The average molecular weight is 213 g/mol. The first-order valence-corrected chi connectivity index (χ1v) is 6.85. The highest BCUT2D eigenvalue weighted by atomic mass is 32.2. The van der Waals surface area contributed by atoms with Gasteiger partial charge in [-0.05, 0) is 50.2 Å². The second-order valence-electron chi connectivity index (χ2n) is 4.28. The molecule has 1 N–H and O–H groups in total. The van der Waals surface area contributed by atoms with E-state index in [1.54, 1.807) is 0 Å². The van der Waals surface area contributed by atoms with Crippen LogP contribution in [0.5, 0.6) is 0 Å². The highest BCUT2D eigenvalue weighted by Crippen LogP contribution is 2.28. The molecule has 0 spiro atoms. The monoisotopic (exact) mass is 213 g/mol. The van der Waals surface area contributed by atoms with E-state index in [9.17, 15) is 0 Å². The molecule has 2 unspecified atom stereocenters. The molecule has 0 amide bonds. The highest BCUT2D eigenvalue weighted by molar-refractivity contribution is 7.99. The first-order valence-electron chi connectivity index (χ1n) is 5.69. The standard InChI is InChI=1S/C12H23NS/c1-4-13-12(6-5-10(2)3)11-7-8-14-9-11/h11-13H,2,4-9H2,1,3H3. The molecule has 0 aromatic carbocycles. The molecular weight excluding hydrogens is 190 g/mol. The predicted molar refractivity (Wildman–Crippen MR) is 66.9 cm³/mol. The third kappa shape index (κ3) is 4.05. The maximum atomic E-state index is 3.98. The van der Waals surface area contributed by atoms with E-state index in [0.717, 1.165) is 18.5 Å². The maximum absolute atomic E-state index is 3.98. The van der Waals surface area contributed by atoms with Gasteiger partial charge in [0.05, 0.1) is 0 Å². The van der Waals surface area contributed by atoms with Crippen molar-refractivity contribution in [3.8, 4) is 0 Å². The number of nitrogens with one attached hydrogen (secondary N) is 1. The predicted octanol–water partition coefficient (Wildman–Crippen LogP) is 3.07. The number of thioether (sulfide) groups is 1. The summed E-state index contributed by atoms with van der Waals surface area (Å²) in [6.07, 6.45) is 3.85.